The molecule has 0 heterocycles. The molecule has 6 heteroatoms. The first-order chi connectivity index (χ1) is 14.2. The summed E-state index contributed by atoms with van der Waals surface area (Å²) < 4.78 is 0. The molecule has 0 aromatic heterocycles. The van der Waals surface area contributed by atoms with Gasteiger partial charge in [0, 0.05) is 0 Å². The predicted octanol–water partition coefficient (Wildman–Crippen LogP) is 4.84. The quantitative estimate of drug-likeness (QED) is 0.500. The van der Waals surface area contributed by atoms with E-state index in [1.807, 2.05) is 27.7 Å². The number of rotatable bonds is 4. The van der Waals surface area contributed by atoms with Crippen LogP contribution in [0.3, 0.4) is 0 Å². The van der Waals surface area contributed by atoms with Crippen molar-refractivity contribution >= 4 is 23.2 Å². The largest absolute Gasteiger partial charge is 0.507 e. The van der Waals surface area contributed by atoms with Crippen molar-refractivity contribution in [1.82, 2.24) is 0 Å². The number of benzene rings is 3. The van der Waals surface area contributed by atoms with Crippen LogP contribution in [0.15, 0.2) is 48.5 Å². The standard InChI is InChI=1S/C24H24N2O4/c1-13-5-7-21(27)17(9-13)23(29)25-19-11-15(3)16(4)12-20(19)26-24(30)18-10-14(2)6-8-22(18)28/h5-12,27-28H,1-4H3,(H,25,29)(H,26,30). The molecular weight excluding hydrogens is 380 g/mol. The molecule has 154 valence electrons. The lowest BCUT2D eigenvalue weighted by Gasteiger charge is -2.16. The summed E-state index contributed by atoms with van der Waals surface area (Å²) in [4.78, 5) is 25.5. The highest BCUT2D eigenvalue weighted by molar-refractivity contribution is 6.11. The van der Waals surface area contributed by atoms with Crippen LogP contribution in [0.5, 0.6) is 11.5 Å². The van der Waals surface area contributed by atoms with Crippen molar-refractivity contribution in [2.24, 2.45) is 0 Å². The summed E-state index contributed by atoms with van der Waals surface area (Å²) >= 11 is 0. The van der Waals surface area contributed by atoms with E-state index in [4.69, 9.17) is 0 Å². The zero-order chi connectivity index (χ0) is 22.0. The van der Waals surface area contributed by atoms with Gasteiger partial charge < -0.3 is 20.8 Å². The molecule has 0 atom stereocenters. The lowest BCUT2D eigenvalue weighted by molar-refractivity contribution is 0.101. The molecule has 0 aliphatic rings. The molecular formula is C24H24N2O4. The SMILES string of the molecule is Cc1ccc(O)c(C(=O)Nc2cc(C)c(C)cc2NC(=O)c2cc(C)ccc2O)c1. The molecule has 0 saturated carbocycles. The predicted molar refractivity (Wildman–Crippen MR) is 118 cm³/mol. The fraction of sp³-hybridized carbons (Fsp3) is 0.167. The zero-order valence-electron chi connectivity index (χ0n) is 17.3. The molecule has 0 radical (unpaired) electrons. The van der Waals surface area contributed by atoms with Gasteiger partial charge in [-0.2, -0.15) is 0 Å². The number of nitrogens with one attached hydrogen (secondary N) is 2. The lowest BCUT2D eigenvalue weighted by Crippen LogP contribution is -2.17. The van der Waals surface area contributed by atoms with Crippen LogP contribution in [0.2, 0.25) is 0 Å². The lowest BCUT2D eigenvalue weighted by atomic mass is 10.1. The maximum absolute atomic E-state index is 12.8. The van der Waals surface area contributed by atoms with Crippen molar-refractivity contribution in [3.63, 3.8) is 0 Å². The van der Waals surface area contributed by atoms with Gasteiger partial charge in [0.15, 0.2) is 0 Å². The third kappa shape index (κ3) is 4.43. The third-order valence-electron chi connectivity index (χ3n) is 4.92. The van der Waals surface area contributed by atoms with Crippen LogP contribution in [-0.2, 0) is 0 Å². The van der Waals surface area contributed by atoms with E-state index >= 15 is 0 Å². The maximum atomic E-state index is 12.8. The smallest absolute Gasteiger partial charge is 0.259 e. The average molecular weight is 404 g/mol. The fourth-order valence-corrected chi connectivity index (χ4v) is 3.07. The second-order valence-electron chi connectivity index (χ2n) is 7.43. The van der Waals surface area contributed by atoms with Gasteiger partial charge in [-0.15, -0.1) is 0 Å². The van der Waals surface area contributed by atoms with E-state index in [1.165, 1.54) is 12.1 Å². The van der Waals surface area contributed by atoms with Gasteiger partial charge in [0.2, 0.25) is 0 Å². The highest BCUT2D eigenvalue weighted by Crippen LogP contribution is 2.29. The van der Waals surface area contributed by atoms with E-state index in [2.05, 4.69) is 10.6 Å². The topological polar surface area (TPSA) is 98.7 Å². The molecule has 3 aromatic carbocycles. The van der Waals surface area contributed by atoms with Gasteiger partial charge in [-0.1, -0.05) is 23.3 Å². The van der Waals surface area contributed by atoms with Crippen LogP contribution in [0.25, 0.3) is 0 Å². The van der Waals surface area contributed by atoms with Crippen LogP contribution >= 0.6 is 0 Å². The summed E-state index contributed by atoms with van der Waals surface area (Å²) in [5.74, 6) is -1.24. The molecule has 6 nitrogen and oxygen atoms in total. The molecule has 2 amide bonds. The second kappa shape index (κ2) is 8.29. The first-order valence-corrected chi connectivity index (χ1v) is 9.49. The summed E-state index contributed by atoms with van der Waals surface area (Å²) in [6.07, 6.45) is 0. The normalized spacial score (nSPS) is 10.5. The van der Waals surface area contributed by atoms with Gasteiger partial charge in [0.05, 0.1) is 22.5 Å². The molecule has 30 heavy (non-hydrogen) atoms. The summed E-state index contributed by atoms with van der Waals surface area (Å²) in [6, 6.07) is 13.0. The van der Waals surface area contributed by atoms with Crippen LogP contribution in [0, 0.1) is 27.7 Å². The summed E-state index contributed by atoms with van der Waals surface area (Å²) in [7, 11) is 0. The molecule has 0 unspecified atom stereocenters. The number of hydrogen-bond acceptors (Lipinski definition) is 4. The van der Waals surface area contributed by atoms with E-state index in [9.17, 15) is 19.8 Å². The first-order valence-electron chi connectivity index (χ1n) is 9.49. The number of phenols is 2. The van der Waals surface area contributed by atoms with Crippen LogP contribution in [0.4, 0.5) is 11.4 Å². The first kappa shape index (κ1) is 20.9. The minimum atomic E-state index is -0.492. The maximum Gasteiger partial charge on any atom is 0.259 e. The van der Waals surface area contributed by atoms with Gasteiger partial charge in [0.1, 0.15) is 11.5 Å². The average Bonchev–Trinajstić information content (AvgIpc) is 2.69. The minimum absolute atomic E-state index is 0.128. The van der Waals surface area contributed by atoms with Gasteiger partial charge in [-0.05, 0) is 75.2 Å². The molecule has 0 bridgehead atoms. The van der Waals surface area contributed by atoms with Crippen molar-refractivity contribution in [2.45, 2.75) is 27.7 Å². The number of phenolic OH excluding ortho intramolecular Hbond substituents is 2. The van der Waals surface area contributed by atoms with E-state index in [1.54, 1.807) is 36.4 Å². The Hall–Kier alpha value is -3.80. The van der Waals surface area contributed by atoms with Crippen LogP contribution in [0.1, 0.15) is 43.0 Å². The number of aromatic hydroxyl groups is 2. The van der Waals surface area contributed by atoms with Gasteiger partial charge in [-0.3, -0.25) is 9.59 Å². The van der Waals surface area contributed by atoms with E-state index in [-0.39, 0.29) is 22.6 Å². The van der Waals surface area contributed by atoms with E-state index in [0.717, 1.165) is 22.3 Å². The van der Waals surface area contributed by atoms with Crippen LogP contribution < -0.4 is 10.6 Å². The molecule has 4 N–H and O–H groups in total. The van der Waals surface area contributed by atoms with Crippen molar-refractivity contribution in [1.29, 1.82) is 0 Å². The van der Waals surface area contributed by atoms with Gasteiger partial charge in [-0.25, -0.2) is 0 Å². The van der Waals surface area contributed by atoms with Gasteiger partial charge in [0.25, 0.3) is 11.8 Å². The Labute approximate surface area is 175 Å². The molecule has 0 aliphatic heterocycles. The molecule has 0 saturated heterocycles. The van der Waals surface area contributed by atoms with Crippen molar-refractivity contribution in [2.75, 3.05) is 10.6 Å². The highest BCUT2D eigenvalue weighted by atomic mass is 16.3. The zero-order valence-corrected chi connectivity index (χ0v) is 17.3. The molecule has 0 fully saturated rings. The second-order valence-corrected chi connectivity index (χ2v) is 7.43. The Morgan fingerprint density at radius 2 is 1.00 bits per heavy atom. The number of aryl methyl sites for hydroxylation is 4. The van der Waals surface area contributed by atoms with Gasteiger partial charge >= 0.3 is 0 Å². The molecule has 3 aromatic rings. The Kier molecular flexibility index (Phi) is 5.78. The Morgan fingerprint density at radius 1 is 0.633 bits per heavy atom. The van der Waals surface area contributed by atoms with Crippen molar-refractivity contribution in [3.05, 3.63) is 81.9 Å². The van der Waals surface area contributed by atoms with Crippen LogP contribution in [-0.4, -0.2) is 22.0 Å². The molecule has 3 rings (SSSR count). The van der Waals surface area contributed by atoms with E-state index < -0.39 is 11.8 Å². The Balaban J connectivity index is 1.95. The number of hydrogen-bond donors (Lipinski definition) is 4. The molecule has 0 spiro atoms. The third-order valence-corrected chi connectivity index (χ3v) is 4.92. The molecule has 0 aliphatic carbocycles. The summed E-state index contributed by atoms with van der Waals surface area (Å²) in [5.41, 5.74) is 4.59. The Bertz CT molecular complexity index is 1060. The number of amides is 2. The number of carbonyl (C=O) groups excluding carboxylic acids is 2. The Morgan fingerprint density at radius 3 is 1.37 bits per heavy atom. The van der Waals surface area contributed by atoms with Crippen molar-refractivity contribution < 1.29 is 19.8 Å². The number of carbonyl (C=O) groups is 2. The van der Waals surface area contributed by atoms with Crippen molar-refractivity contribution in [3.8, 4) is 11.5 Å². The summed E-state index contributed by atoms with van der Waals surface area (Å²) in [6.45, 7) is 7.44. The monoisotopic (exact) mass is 404 g/mol. The minimum Gasteiger partial charge on any atom is -0.507 e. The fourth-order valence-electron chi connectivity index (χ4n) is 3.07. The number of anilines is 2. The van der Waals surface area contributed by atoms with E-state index in [0.29, 0.717) is 11.4 Å². The highest BCUT2D eigenvalue weighted by Gasteiger charge is 2.17. The summed E-state index contributed by atoms with van der Waals surface area (Å²) in [5, 5.41) is 25.6.